The summed E-state index contributed by atoms with van der Waals surface area (Å²) >= 11 is 3.62. The molecule has 4 aromatic rings. The lowest BCUT2D eigenvalue weighted by Crippen LogP contribution is -2.00. The lowest BCUT2D eigenvalue weighted by molar-refractivity contribution is 0.269. The predicted molar refractivity (Wildman–Crippen MR) is 137 cm³/mol. The zero-order chi connectivity index (χ0) is 24.1. The molecule has 0 aliphatic rings. The van der Waals surface area contributed by atoms with Crippen LogP contribution in [0.1, 0.15) is 29.4 Å². The molecule has 0 amide bonds. The average molecular weight is 518 g/mol. The summed E-state index contributed by atoms with van der Waals surface area (Å²) in [4.78, 5) is 7.76. The third-order valence-electron chi connectivity index (χ3n) is 5.24. The van der Waals surface area contributed by atoms with Crippen LogP contribution in [0.15, 0.2) is 59.1 Å². The molecule has 0 aliphatic heterocycles. The van der Waals surface area contributed by atoms with Crippen molar-refractivity contribution in [2.75, 3.05) is 13.7 Å². The topological polar surface area (TPSA) is 80.2 Å². The Kier molecular flexibility index (Phi) is 7.19. The number of benzene rings is 3. The number of nitrogens with one attached hydrogen (secondary N) is 1. The number of aromatic amines is 1. The van der Waals surface area contributed by atoms with E-state index in [1.54, 1.807) is 13.2 Å². The highest BCUT2D eigenvalue weighted by Gasteiger charge is 2.14. The zero-order valence-electron chi connectivity index (χ0n) is 19.2. The fraction of sp³-hybridized carbons (Fsp3) is 0.185. The van der Waals surface area contributed by atoms with Crippen LogP contribution in [-0.2, 0) is 6.61 Å². The van der Waals surface area contributed by atoms with Crippen LogP contribution in [0, 0.1) is 18.3 Å². The van der Waals surface area contributed by atoms with Gasteiger partial charge in [0.2, 0.25) is 0 Å². The minimum absolute atomic E-state index is 0.395. The number of allylic oxidation sites excluding steroid dienone is 1. The fourth-order valence-electron chi connectivity index (χ4n) is 3.44. The quantitative estimate of drug-likeness (QED) is 0.263. The van der Waals surface area contributed by atoms with E-state index in [-0.39, 0.29) is 0 Å². The highest BCUT2D eigenvalue weighted by Crippen LogP contribution is 2.36. The first kappa shape index (κ1) is 23.4. The van der Waals surface area contributed by atoms with Gasteiger partial charge in [-0.3, -0.25) is 0 Å². The Bertz CT molecular complexity index is 1390. The third kappa shape index (κ3) is 5.24. The van der Waals surface area contributed by atoms with Crippen molar-refractivity contribution in [2.24, 2.45) is 0 Å². The van der Waals surface area contributed by atoms with E-state index < -0.39 is 0 Å². The van der Waals surface area contributed by atoms with Gasteiger partial charge in [0.05, 0.1) is 30.3 Å². The molecule has 0 radical (unpaired) electrons. The molecular weight excluding hydrogens is 494 g/mol. The minimum Gasteiger partial charge on any atom is -0.497 e. The Morgan fingerprint density at radius 2 is 1.85 bits per heavy atom. The molecule has 7 heteroatoms. The van der Waals surface area contributed by atoms with Gasteiger partial charge in [0.25, 0.3) is 0 Å². The molecule has 0 unspecified atom stereocenters. The molecule has 1 aromatic heterocycles. The number of imidazole rings is 1. The van der Waals surface area contributed by atoms with E-state index in [0.717, 1.165) is 32.4 Å². The van der Waals surface area contributed by atoms with E-state index in [2.05, 4.69) is 51.0 Å². The first-order valence-electron chi connectivity index (χ1n) is 10.8. The van der Waals surface area contributed by atoms with Crippen molar-refractivity contribution in [3.63, 3.8) is 0 Å². The summed E-state index contributed by atoms with van der Waals surface area (Å²) in [5, 5.41) is 9.84. The van der Waals surface area contributed by atoms with Crippen molar-refractivity contribution in [3.8, 4) is 23.3 Å². The fourth-order valence-corrected chi connectivity index (χ4v) is 3.88. The van der Waals surface area contributed by atoms with Gasteiger partial charge in [0.15, 0.2) is 11.5 Å². The van der Waals surface area contributed by atoms with Gasteiger partial charge in [-0.2, -0.15) is 5.26 Å². The van der Waals surface area contributed by atoms with Gasteiger partial charge >= 0.3 is 0 Å². The third-order valence-corrected chi connectivity index (χ3v) is 5.93. The lowest BCUT2D eigenvalue weighted by atomic mass is 10.1. The van der Waals surface area contributed by atoms with Crippen LogP contribution in [0.3, 0.4) is 0 Å². The maximum absolute atomic E-state index is 9.84. The van der Waals surface area contributed by atoms with E-state index >= 15 is 0 Å². The molecule has 0 aliphatic carbocycles. The maximum Gasteiger partial charge on any atom is 0.162 e. The monoisotopic (exact) mass is 517 g/mol. The molecule has 1 heterocycles. The van der Waals surface area contributed by atoms with E-state index in [1.807, 2.05) is 49.4 Å². The SMILES string of the molecule is CCOc1cc(/C=C(/C#N)c2nc3ccc(OC)cc3[nH]2)c(Br)cc1OCc1ccc(C)cc1. The summed E-state index contributed by atoms with van der Waals surface area (Å²) < 4.78 is 17.9. The number of nitrogens with zero attached hydrogens (tertiary/aromatic N) is 2. The van der Waals surface area contributed by atoms with Crippen LogP contribution in [0.25, 0.3) is 22.7 Å². The summed E-state index contributed by atoms with van der Waals surface area (Å²) in [7, 11) is 1.61. The van der Waals surface area contributed by atoms with Crippen LogP contribution in [0.4, 0.5) is 0 Å². The number of nitriles is 1. The highest BCUT2D eigenvalue weighted by molar-refractivity contribution is 9.10. The number of methoxy groups -OCH3 is 1. The van der Waals surface area contributed by atoms with Gasteiger partial charge in [-0.05, 0) is 55.3 Å². The van der Waals surface area contributed by atoms with E-state index in [4.69, 9.17) is 14.2 Å². The lowest BCUT2D eigenvalue weighted by Gasteiger charge is -2.14. The standard InChI is InChI=1S/C27H24BrN3O3/c1-4-33-25-12-19(22(28)14-26(25)34-16-18-7-5-17(2)6-8-18)11-20(15-29)27-30-23-10-9-21(32-3)13-24(23)31-27/h5-14H,4,16H2,1-3H3,(H,30,31)/b20-11-. The number of H-pyrrole nitrogens is 1. The maximum atomic E-state index is 9.84. The van der Waals surface area contributed by atoms with Gasteiger partial charge in [-0.1, -0.05) is 45.8 Å². The second-order valence-corrected chi connectivity index (χ2v) is 8.52. The minimum atomic E-state index is 0.395. The van der Waals surface area contributed by atoms with E-state index in [0.29, 0.717) is 36.1 Å². The number of aromatic nitrogens is 2. The van der Waals surface area contributed by atoms with Crippen LogP contribution in [0.2, 0.25) is 0 Å². The molecule has 0 saturated heterocycles. The largest absolute Gasteiger partial charge is 0.497 e. The Labute approximate surface area is 206 Å². The number of aryl methyl sites for hydroxylation is 1. The number of fused-ring (bicyclic) bond motifs is 1. The van der Waals surface area contributed by atoms with Crippen LogP contribution < -0.4 is 14.2 Å². The summed E-state index contributed by atoms with van der Waals surface area (Å²) in [6.45, 7) is 4.89. The number of ether oxygens (including phenoxy) is 3. The zero-order valence-corrected chi connectivity index (χ0v) is 20.8. The molecule has 0 fully saturated rings. The molecule has 6 nitrogen and oxygen atoms in total. The number of rotatable bonds is 8. The van der Waals surface area contributed by atoms with E-state index in [1.165, 1.54) is 5.56 Å². The van der Waals surface area contributed by atoms with Gasteiger partial charge in [-0.25, -0.2) is 4.98 Å². The van der Waals surface area contributed by atoms with Crippen molar-refractivity contribution in [1.82, 2.24) is 9.97 Å². The van der Waals surface area contributed by atoms with Gasteiger partial charge < -0.3 is 19.2 Å². The second-order valence-electron chi connectivity index (χ2n) is 7.67. The van der Waals surface area contributed by atoms with Gasteiger partial charge in [-0.15, -0.1) is 0 Å². The summed E-state index contributed by atoms with van der Waals surface area (Å²) in [6.07, 6.45) is 1.77. The Hall–Kier alpha value is -3.76. The molecule has 0 atom stereocenters. The number of halogens is 1. The average Bonchev–Trinajstić information content (AvgIpc) is 3.27. The number of hydrogen-bond donors (Lipinski definition) is 1. The normalized spacial score (nSPS) is 11.3. The van der Waals surface area contributed by atoms with Crippen LogP contribution >= 0.6 is 15.9 Å². The molecule has 34 heavy (non-hydrogen) atoms. The molecule has 4 rings (SSSR count). The molecule has 3 aromatic carbocycles. The molecule has 172 valence electrons. The van der Waals surface area contributed by atoms with Crippen molar-refractivity contribution >= 4 is 38.6 Å². The summed E-state index contributed by atoms with van der Waals surface area (Å²) in [6, 6.07) is 19.7. The molecule has 0 bridgehead atoms. The summed E-state index contributed by atoms with van der Waals surface area (Å²) in [5.74, 6) is 2.43. The molecule has 0 saturated carbocycles. The van der Waals surface area contributed by atoms with Crippen LogP contribution in [-0.4, -0.2) is 23.7 Å². The van der Waals surface area contributed by atoms with Gasteiger partial charge in [0.1, 0.15) is 24.3 Å². The second kappa shape index (κ2) is 10.4. The van der Waals surface area contributed by atoms with Crippen molar-refractivity contribution in [1.29, 1.82) is 5.26 Å². The Balaban J connectivity index is 1.65. The first-order valence-corrected chi connectivity index (χ1v) is 11.6. The molecular formula is C27H24BrN3O3. The van der Waals surface area contributed by atoms with Crippen molar-refractivity contribution in [2.45, 2.75) is 20.5 Å². The molecule has 0 spiro atoms. The van der Waals surface area contributed by atoms with E-state index in [9.17, 15) is 5.26 Å². The Morgan fingerprint density at radius 1 is 1.09 bits per heavy atom. The van der Waals surface area contributed by atoms with Crippen LogP contribution in [0.5, 0.6) is 17.2 Å². The predicted octanol–water partition coefficient (Wildman–Crippen LogP) is 6.68. The van der Waals surface area contributed by atoms with Crippen molar-refractivity contribution in [3.05, 3.63) is 81.6 Å². The molecule has 1 N–H and O–H groups in total. The van der Waals surface area contributed by atoms with Crippen molar-refractivity contribution < 1.29 is 14.2 Å². The first-order chi connectivity index (χ1) is 16.5. The summed E-state index contributed by atoms with van der Waals surface area (Å²) in [5.41, 5.74) is 5.00. The van der Waals surface area contributed by atoms with Gasteiger partial charge in [0, 0.05) is 10.5 Å². The highest BCUT2D eigenvalue weighted by atomic mass is 79.9. The smallest absolute Gasteiger partial charge is 0.162 e. The number of hydrogen-bond acceptors (Lipinski definition) is 5. The Morgan fingerprint density at radius 3 is 2.56 bits per heavy atom.